The number of aromatic nitrogens is 4. The Morgan fingerprint density at radius 1 is 1.50 bits per heavy atom. The zero-order valence-corrected chi connectivity index (χ0v) is 10.3. The first-order valence-corrected chi connectivity index (χ1v) is 5.28. The molecule has 2 aromatic rings. The van der Waals surface area contributed by atoms with E-state index in [1.807, 2.05) is 0 Å². The summed E-state index contributed by atoms with van der Waals surface area (Å²) >= 11 is 5.97. The number of carbonyl (C=O) groups is 1. The number of nitrogens with zero attached hydrogens (tertiary/aromatic N) is 4. The third-order valence-corrected chi connectivity index (χ3v) is 2.69. The Labute approximate surface area is 107 Å². The van der Waals surface area contributed by atoms with Crippen molar-refractivity contribution in [2.24, 2.45) is 0 Å². The fourth-order valence-corrected chi connectivity index (χ4v) is 1.52. The minimum atomic E-state index is -1.24. The third kappa shape index (κ3) is 2.12. The Bertz CT molecular complexity index is 611. The lowest BCUT2D eigenvalue weighted by Crippen LogP contribution is -2.04. The summed E-state index contributed by atoms with van der Waals surface area (Å²) < 4.78 is 5.14. The number of carboxylic acids is 1. The molecule has 0 atom stereocenters. The SMILES string of the molecule is COc1cc(Cl)c(C)cc1-n1nnc(C(=O)O)n1. The topological polar surface area (TPSA) is 90.1 Å². The second-order valence-corrected chi connectivity index (χ2v) is 3.89. The summed E-state index contributed by atoms with van der Waals surface area (Å²) in [6, 6.07) is 3.30. The van der Waals surface area contributed by atoms with Gasteiger partial charge in [0.05, 0.1) is 7.11 Å². The molecule has 1 aromatic heterocycles. The molecule has 1 aromatic carbocycles. The van der Waals surface area contributed by atoms with Crippen LogP contribution in [0.15, 0.2) is 12.1 Å². The molecule has 0 saturated heterocycles. The lowest BCUT2D eigenvalue weighted by atomic mass is 10.2. The number of methoxy groups -OCH3 is 1. The standard InChI is InChI=1S/C10H9ClN4O3/c1-5-3-7(8(18-2)4-6(5)11)15-13-9(10(16)17)12-14-15/h3-4H,1-2H3,(H,16,17). The maximum atomic E-state index is 10.7. The van der Waals surface area contributed by atoms with E-state index in [9.17, 15) is 4.79 Å². The Hall–Kier alpha value is -2.15. The fraction of sp³-hybridized carbons (Fsp3) is 0.200. The van der Waals surface area contributed by atoms with Crippen molar-refractivity contribution >= 4 is 17.6 Å². The van der Waals surface area contributed by atoms with Crippen LogP contribution in [0.25, 0.3) is 5.69 Å². The molecule has 0 aliphatic heterocycles. The minimum Gasteiger partial charge on any atom is -0.494 e. The first-order chi connectivity index (χ1) is 8.52. The summed E-state index contributed by atoms with van der Waals surface area (Å²) in [6.07, 6.45) is 0. The van der Waals surface area contributed by atoms with Crippen molar-refractivity contribution < 1.29 is 14.6 Å². The zero-order chi connectivity index (χ0) is 13.3. The number of halogens is 1. The monoisotopic (exact) mass is 268 g/mol. The molecule has 1 N–H and O–H groups in total. The largest absolute Gasteiger partial charge is 0.494 e. The summed E-state index contributed by atoms with van der Waals surface area (Å²) in [6.45, 7) is 1.81. The molecule has 1 heterocycles. The molecular formula is C10H9ClN4O3. The fourth-order valence-electron chi connectivity index (χ4n) is 1.37. The minimum absolute atomic E-state index is 0.385. The van der Waals surface area contributed by atoms with Crippen molar-refractivity contribution in [1.82, 2.24) is 20.2 Å². The molecule has 0 radical (unpaired) electrons. The Balaban J connectivity index is 2.55. The van der Waals surface area contributed by atoms with Crippen LogP contribution in [-0.2, 0) is 0 Å². The molecule has 7 nitrogen and oxygen atoms in total. The molecule has 0 aliphatic rings. The highest BCUT2D eigenvalue weighted by Crippen LogP contribution is 2.28. The Morgan fingerprint density at radius 2 is 2.22 bits per heavy atom. The second-order valence-electron chi connectivity index (χ2n) is 3.48. The summed E-state index contributed by atoms with van der Waals surface area (Å²) in [7, 11) is 1.47. The van der Waals surface area contributed by atoms with Gasteiger partial charge in [-0.25, -0.2) is 4.79 Å². The van der Waals surface area contributed by atoms with Crippen LogP contribution < -0.4 is 4.74 Å². The van der Waals surface area contributed by atoms with Crippen LogP contribution in [-0.4, -0.2) is 38.4 Å². The van der Waals surface area contributed by atoms with Gasteiger partial charge in [0.1, 0.15) is 11.4 Å². The van der Waals surface area contributed by atoms with Crippen LogP contribution in [0, 0.1) is 6.92 Å². The van der Waals surface area contributed by atoms with Gasteiger partial charge in [0.15, 0.2) is 0 Å². The number of rotatable bonds is 3. The van der Waals surface area contributed by atoms with Crippen LogP contribution >= 0.6 is 11.6 Å². The molecule has 8 heteroatoms. The van der Waals surface area contributed by atoms with Gasteiger partial charge in [-0.15, -0.1) is 15.0 Å². The predicted molar refractivity (Wildman–Crippen MR) is 62.4 cm³/mol. The highest BCUT2D eigenvalue weighted by Gasteiger charge is 2.15. The van der Waals surface area contributed by atoms with Gasteiger partial charge in [0.25, 0.3) is 5.82 Å². The van der Waals surface area contributed by atoms with E-state index in [0.29, 0.717) is 16.5 Å². The number of tetrazole rings is 1. The van der Waals surface area contributed by atoms with Crippen molar-refractivity contribution in [3.63, 3.8) is 0 Å². The van der Waals surface area contributed by atoms with Gasteiger partial charge in [0.2, 0.25) is 0 Å². The zero-order valence-electron chi connectivity index (χ0n) is 9.59. The molecule has 94 valence electrons. The van der Waals surface area contributed by atoms with Gasteiger partial charge < -0.3 is 9.84 Å². The molecule has 0 spiro atoms. The van der Waals surface area contributed by atoms with E-state index in [2.05, 4.69) is 15.4 Å². The quantitative estimate of drug-likeness (QED) is 0.903. The first kappa shape index (κ1) is 12.3. The van der Waals surface area contributed by atoms with E-state index >= 15 is 0 Å². The smallest absolute Gasteiger partial charge is 0.377 e. The number of hydrogen-bond donors (Lipinski definition) is 1. The molecule has 0 amide bonds. The molecule has 0 unspecified atom stereocenters. The molecule has 0 fully saturated rings. The number of carboxylic acid groups (broad SMARTS) is 1. The summed E-state index contributed by atoms with van der Waals surface area (Å²) in [4.78, 5) is 11.8. The maximum Gasteiger partial charge on any atom is 0.377 e. The van der Waals surface area contributed by atoms with Crippen molar-refractivity contribution in [1.29, 1.82) is 0 Å². The van der Waals surface area contributed by atoms with Gasteiger partial charge >= 0.3 is 5.97 Å². The van der Waals surface area contributed by atoms with Crippen molar-refractivity contribution in [2.45, 2.75) is 6.92 Å². The van der Waals surface area contributed by atoms with Crippen LogP contribution in [0.1, 0.15) is 16.2 Å². The van der Waals surface area contributed by atoms with E-state index in [-0.39, 0.29) is 5.82 Å². The summed E-state index contributed by atoms with van der Waals surface area (Å²) in [5.41, 5.74) is 1.26. The van der Waals surface area contributed by atoms with E-state index in [1.54, 1.807) is 19.1 Å². The lowest BCUT2D eigenvalue weighted by molar-refractivity contribution is 0.0683. The van der Waals surface area contributed by atoms with E-state index in [1.165, 1.54) is 7.11 Å². The van der Waals surface area contributed by atoms with Crippen LogP contribution in [0.4, 0.5) is 0 Å². The Morgan fingerprint density at radius 3 is 2.78 bits per heavy atom. The number of benzene rings is 1. The molecule has 0 saturated carbocycles. The van der Waals surface area contributed by atoms with Gasteiger partial charge in [-0.05, 0) is 23.8 Å². The maximum absolute atomic E-state index is 10.7. The van der Waals surface area contributed by atoms with Gasteiger partial charge in [-0.3, -0.25) is 0 Å². The number of aromatic carboxylic acids is 1. The van der Waals surface area contributed by atoms with Crippen LogP contribution in [0.5, 0.6) is 5.75 Å². The summed E-state index contributed by atoms with van der Waals surface area (Å²) in [5.74, 6) is -1.20. The highest BCUT2D eigenvalue weighted by atomic mass is 35.5. The average molecular weight is 269 g/mol. The molecule has 0 aliphatic carbocycles. The first-order valence-electron chi connectivity index (χ1n) is 4.90. The van der Waals surface area contributed by atoms with Crippen molar-refractivity contribution in [3.8, 4) is 11.4 Å². The van der Waals surface area contributed by atoms with Gasteiger partial charge in [-0.1, -0.05) is 11.6 Å². The number of ether oxygens (including phenoxy) is 1. The molecule has 2 rings (SSSR count). The molecule has 0 bridgehead atoms. The number of aryl methyl sites for hydroxylation is 1. The summed E-state index contributed by atoms with van der Waals surface area (Å²) in [5, 5.41) is 20.1. The Kier molecular flexibility index (Phi) is 3.15. The van der Waals surface area contributed by atoms with E-state index in [4.69, 9.17) is 21.4 Å². The second kappa shape index (κ2) is 4.61. The van der Waals surface area contributed by atoms with Crippen molar-refractivity contribution in [2.75, 3.05) is 7.11 Å². The molecule has 18 heavy (non-hydrogen) atoms. The van der Waals surface area contributed by atoms with Gasteiger partial charge in [-0.2, -0.15) is 0 Å². The molecular weight excluding hydrogens is 260 g/mol. The van der Waals surface area contributed by atoms with E-state index in [0.717, 1.165) is 10.4 Å². The normalized spacial score (nSPS) is 10.4. The third-order valence-electron chi connectivity index (χ3n) is 2.28. The number of hydrogen-bond acceptors (Lipinski definition) is 5. The van der Waals surface area contributed by atoms with Crippen LogP contribution in [0.2, 0.25) is 5.02 Å². The lowest BCUT2D eigenvalue weighted by Gasteiger charge is -2.08. The highest BCUT2D eigenvalue weighted by molar-refractivity contribution is 6.31. The van der Waals surface area contributed by atoms with Crippen LogP contribution in [0.3, 0.4) is 0 Å². The van der Waals surface area contributed by atoms with Crippen molar-refractivity contribution in [3.05, 3.63) is 28.5 Å². The van der Waals surface area contributed by atoms with Gasteiger partial charge in [0, 0.05) is 11.1 Å². The average Bonchev–Trinajstić information content (AvgIpc) is 2.81. The van der Waals surface area contributed by atoms with E-state index < -0.39 is 5.97 Å². The predicted octanol–water partition coefficient (Wildman–Crippen LogP) is 1.33.